The lowest BCUT2D eigenvalue weighted by Crippen LogP contribution is -2.08. The highest BCUT2D eigenvalue weighted by molar-refractivity contribution is 9.10. The number of anilines is 3. The molecule has 0 amide bonds. The molecule has 0 spiro atoms. The van der Waals surface area contributed by atoms with E-state index >= 15 is 0 Å². The highest BCUT2D eigenvalue weighted by Crippen LogP contribution is 2.21. The van der Waals surface area contributed by atoms with Crippen molar-refractivity contribution in [1.29, 1.82) is 0 Å². The fraction of sp³-hybridized carbons (Fsp3) is 0.133. The zero-order valence-corrected chi connectivity index (χ0v) is 13.3. The lowest BCUT2D eigenvalue weighted by Gasteiger charge is -2.09. The number of nitrogens with zero attached hydrogens (tertiary/aromatic N) is 3. The Bertz CT molecular complexity index is 714. The molecule has 7 heteroatoms. The van der Waals surface area contributed by atoms with Crippen LogP contribution in [0.15, 0.2) is 53.5 Å². The van der Waals surface area contributed by atoms with Crippen LogP contribution in [-0.2, 0) is 6.42 Å². The van der Waals surface area contributed by atoms with Gasteiger partial charge in [0, 0.05) is 36.7 Å². The third-order valence-electron chi connectivity index (χ3n) is 3.02. The van der Waals surface area contributed by atoms with E-state index in [9.17, 15) is 0 Å². The average molecular weight is 359 g/mol. The molecular formula is C15H15BrN6. The van der Waals surface area contributed by atoms with E-state index in [-0.39, 0.29) is 0 Å². The van der Waals surface area contributed by atoms with Crippen LogP contribution in [0.25, 0.3) is 0 Å². The summed E-state index contributed by atoms with van der Waals surface area (Å²) < 4.78 is 0.829. The monoisotopic (exact) mass is 358 g/mol. The smallest absolute Gasteiger partial charge is 0.229 e. The van der Waals surface area contributed by atoms with E-state index in [0.717, 1.165) is 34.6 Å². The van der Waals surface area contributed by atoms with Crippen LogP contribution in [0, 0.1) is 0 Å². The molecule has 0 aliphatic rings. The fourth-order valence-electron chi connectivity index (χ4n) is 1.94. The van der Waals surface area contributed by atoms with Gasteiger partial charge in [-0.2, -0.15) is 4.98 Å². The van der Waals surface area contributed by atoms with Gasteiger partial charge < -0.3 is 15.6 Å². The molecule has 0 saturated heterocycles. The molecule has 0 unspecified atom stereocenters. The van der Waals surface area contributed by atoms with E-state index in [4.69, 9.17) is 0 Å². The summed E-state index contributed by atoms with van der Waals surface area (Å²) >= 11 is 3.46. The molecule has 0 aliphatic heterocycles. The molecular weight excluding hydrogens is 344 g/mol. The summed E-state index contributed by atoms with van der Waals surface area (Å²) in [5, 5.41) is 6.47. The highest BCUT2D eigenvalue weighted by Gasteiger charge is 2.05. The van der Waals surface area contributed by atoms with Crippen LogP contribution < -0.4 is 10.6 Å². The van der Waals surface area contributed by atoms with Crippen LogP contribution in [0.2, 0.25) is 0 Å². The number of nitrogens with one attached hydrogen (secondary N) is 3. The van der Waals surface area contributed by atoms with Gasteiger partial charge in [0.1, 0.15) is 5.82 Å². The second-order valence-electron chi connectivity index (χ2n) is 4.63. The molecule has 0 fully saturated rings. The van der Waals surface area contributed by atoms with Crippen LogP contribution in [0.3, 0.4) is 0 Å². The molecule has 3 aromatic rings. The van der Waals surface area contributed by atoms with Crippen molar-refractivity contribution in [2.24, 2.45) is 0 Å². The predicted molar refractivity (Wildman–Crippen MR) is 90.2 cm³/mol. The quantitative estimate of drug-likeness (QED) is 0.629. The Morgan fingerprint density at radius 1 is 1.14 bits per heavy atom. The van der Waals surface area contributed by atoms with Crippen LogP contribution in [0.4, 0.5) is 17.5 Å². The number of halogens is 1. The summed E-state index contributed by atoms with van der Waals surface area (Å²) in [6, 6.07) is 9.83. The third-order valence-corrected chi connectivity index (χ3v) is 3.60. The van der Waals surface area contributed by atoms with Gasteiger partial charge in [-0.3, -0.25) is 0 Å². The molecule has 2 aromatic heterocycles. The molecule has 6 nitrogen and oxygen atoms in total. The largest absolute Gasteiger partial charge is 0.369 e. The fourth-order valence-corrected chi connectivity index (χ4v) is 2.27. The van der Waals surface area contributed by atoms with Crippen molar-refractivity contribution in [3.63, 3.8) is 0 Å². The van der Waals surface area contributed by atoms with Gasteiger partial charge in [0.05, 0.1) is 10.8 Å². The second kappa shape index (κ2) is 7.04. The van der Waals surface area contributed by atoms with Gasteiger partial charge in [-0.1, -0.05) is 18.2 Å². The molecule has 0 atom stereocenters. The van der Waals surface area contributed by atoms with Gasteiger partial charge in [0.2, 0.25) is 5.95 Å². The van der Waals surface area contributed by atoms with Crippen molar-refractivity contribution < 1.29 is 0 Å². The molecule has 112 valence electrons. The number of H-pyrrole nitrogens is 1. The lowest BCUT2D eigenvalue weighted by molar-refractivity contribution is 0.962. The van der Waals surface area contributed by atoms with Gasteiger partial charge in [-0.05, 0) is 28.1 Å². The first-order valence-corrected chi connectivity index (χ1v) is 7.66. The minimum Gasteiger partial charge on any atom is -0.369 e. The Morgan fingerprint density at radius 2 is 2.00 bits per heavy atom. The van der Waals surface area contributed by atoms with Crippen molar-refractivity contribution in [2.75, 3.05) is 17.2 Å². The number of hydrogen-bond donors (Lipinski definition) is 3. The zero-order chi connectivity index (χ0) is 15.2. The lowest BCUT2D eigenvalue weighted by atomic mass is 10.3. The Kier molecular flexibility index (Phi) is 4.65. The topological polar surface area (TPSA) is 78.5 Å². The number of aromatic nitrogens is 4. The summed E-state index contributed by atoms with van der Waals surface area (Å²) in [5.41, 5.74) is 2.04. The molecule has 0 aliphatic carbocycles. The Labute approximate surface area is 136 Å². The van der Waals surface area contributed by atoms with Crippen molar-refractivity contribution in [3.8, 4) is 0 Å². The zero-order valence-electron chi connectivity index (χ0n) is 11.8. The van der Waals surface area contributed by atoms with Gasteiger partial charge in [0.15, 0.2) is 0 Å². The minimum absolute atomic E-state index is 0.554. The van der Waals surface area contributed by atoms with Gasteiger partial charge in [-0.25, -0.2) is 9.97 Å². The maximum absolute atomic E-state index is 4.48. The van der Waals surface area contributed by atoms with Gasteiger partial charge in [-0.15, -0.1) is 0 Å². The molecule has 2 heterocycles. The summed E-state index contributed by atoms with van der Waals surface area (Å²) in [6.07, 6.45) is 6.08. The summed E-state index contributed by atoms with van der Waals surface area (Å²) in [7, 11) is 0. The van der Waals surface area contributed by atoms with E-state index in [1.807, 2.05) is 36.5 Å². The molecule has 0 bridgehead atoms. The van der Waals surface area contributed by atoms with Crippen LogP contribution >= 0.6 is 15.9 Å². The van der Waals surface area contributed by atoms with Crippen LogP contribution in [0.1, 0.15) is 5.69 Å². The first-order chi connectivity index (χ1) is 10.8. The predicted octanol–water partition coefficient (Wildman–Crippen LogP) is 3.36. The Hall–Kier alpha value is -2.41. The normalized spacial score (nSPS) is 10.4. The summed E-state index contributed by atoms with van der Waals surface area (Å²) in [4.78, 5) is 15.8. The third kappa shape index (κ3) is 3.82. The molecule has 3 N–H and O–H groups in total. The number of hydrogen-bond acceptors (Lipinski definition) is 5. The number of para-hydroxylation sites is 1. The SMILES string of the molecule is Brc1cnc(Nc2ccccc2)nc1NCCc1cnc[nH]1. The molecule has 22 heavy (non-hydrogen) atoms. The van der Waals surface area contributed by atoms with Gasteiger partial charge in [0.25, 0.3) is 0 Å². The maximum Gasteiger partial charge on any atom is 0.229 e. The maximum atomic E-state index is 4.48. The van der Waals surface area contributed by atoms with Gasteiger partial charge >= 0.3 is 0 Å². The number of imidazole rings is 1. The number of aromatic amines is 1. The Morgan fingerprint density at radius 3 is 2.77 bits per heavy atom. The molecule has 0 saturated carbocycles. The number of benzene rings is 1. The van der Waals surface area contributed by atoms with Crippen molar-refractivity contribution in [3.05, 3.63) is 59.2 Å². The highest BCUT2D eigenvalue weighted by atomic mass is 79.9. The van der Waals surface area contributed by atoms with E-state index in [2.05, 4.69) is 46.5 Å². The summed E-state index contributed by atoms with van der Waals surface area (Å²) in [6.45, 7) is 0.753. The average Bonchev–Trinajstić information content (AvgIpc) is 3.05. The first kappa shape index (κ1) is 14.5. The second-order valence-corrected chi connectivity index (χ2v) is 5.49. The van der Waals surface area contributed by atoms with E-state index < -0.39 is 0 Å². The minimum atomic E-state index is 0.554. The Balaban J connectivity index is 1.64. The van der Waals surface area contributed by atoms with Crippen LogP contribution in [0.5, 0.6) is 0 Å². The first-order valence-electron chi connectivity index (χ1n) is 6.87. The van der Waals surface area contributed by atoms with Crippen LogP contribution in [-0.4, -0.2) is 26.5 Å². The number of rotatable bonds is 6. The summed E-state index contributed by atoms with van der Waals surface area (Å²) in [5.74, 6) is 1.31. The van der Waals surface area contributed by atoms with E-state index in [1.165, 1.54) is 0 Å². The molecule has 0 radical (unpaired) electrons. The van der Waals surface area contributed by atoms with E-state index in [1.54, 1.807) is 12.5 Å². The molecule has 3 rings (SSSR count). The van der Waals surface area contributed by atoms with Crippen molar-refractivity contribution in [1.82, 2.24) is 19.9 Å². The standard InChI is InChI=1S/C15H15BrN6/c16-13-9-19-15(21-11-4-2-1-3-5-11)22-14(13)18-7-6-12-8-17-10-20-12/h1-5,8-10H,6-7H2,(H,17,20)(H2,18,19,21,22). The van der Waals surface area contributed by atoms with Crippen molar-refractivity contribution >= 4 is 33.4 Å². The van der Waals surface area contributed by atoms with Crippen molar-refractivity contribution in [2.45, 2.75) is 6.42 Å². The van der Waals surface area contributed by atoms with E-state index in [0.29, 0.717) is 5.95 Å². The molecule has 1 aromatic carbocycles.